The summed E-state index contributed by atoms with van der Waals surface area (Å²) in [5.41, 5.74) is 1.11. The van der Waals surface area contributed by atoms with Gasteiger partial charge in [0.1, 0.15) is 12.6 Å². The number of ether oxygens (including phenoxy) is 1. The fourth-order valence-corrected chi connectivity index (χ4v) is 2.66. The van der Waals surface area contributed by atoms with Gasteiger partial charge in [-0.05, 0) is 24.3 Å². The van der Waals surface area contributed by atoms with Crippen LogP contribution in [0.2, 0.25) is 0 Å². The highest BCUT2D eigenvalue weighted by Crippen LogP contribution is 2.32. The van der Waals surface area contributed by atoms with Crippen LogP contribution in [-0.4, -0.2) is 41.3 Å². The summed E-state index contributed by atoms with van der Waals surface area (Å²) >= 11 is 0. The second kappa shape index (κ2) is 6.92. The number of piperidine rings is 1. The molecule has 0 bridgehead atoms. The topological polar surface area (TPSA) is 66.8 Å². The Balaban J connectivity index is 2.09. The van der Waals surface area contributed by atoms with Gasteiger partial charge in [0.25, 0.3) is 0 Å². The summed E-state index contributed by atoms with van der Waals surface area (Å²) in [6, 6.07) is 8.96. The van der Waals surface area contributed by atoms with Gasteiger partial charge < -0.3 is 9.84 Å². The van der Waals surface area contributed by atoms with E-state index in [0.717, 1.165) is 12.0 Å². The van der Waals surface area contributed by atoms with Crippen molar-refractivity contribution in [1.82, 2.24) is 4.90 Å². The van der Waals surface area contributed by atoms with Crippen molar-refractivity contribution in [2.24, 2.45) is 0 Å². The number of rotatable bonds is 4. The highest BCUT2D eigenvalue weighted by atomic mass is 16.6. The fraction of sp³-hybridized carbons (Fsp3) is 0.375. The average Bonchev–Trinajstić information content (AvgIpc) is 2.52. The zero-order valence-electron chi connectivity index (χ0n) is 11.8. The second-order valence-corrected chi connectivity index (χ2v) is 5.05. The van der Waals surface area contributed by atoms with Gasteiger partial charge in [-0.2, -0.15) is 0 Å². The van der Waals surface area contributed by atoms with Gasteiger partial charge in [0.15, 0.2) is 0 Å². The molecule has 1 aliphatic rings. The van der Waals surface area contributed by atoms with Crippen LogP contribution >= 0.6 is 0 Å². The summed E-state index contributed by atoms with van der Waals surface area (Å²) in [6.07, 6.45) is 2.01. The molecule has 1 aliphatic heterocycles. The van der Waals surface area contributed by atoms with Crippen molar-refractivity contribution in [1.29, 1.82) is 0 Å². The van der Waals surface area contributed by atoms with Crippen LogP contribution in [0.1, 0.15) is 24.3 Å². The molecule has 1 N–H and O–H groups in total. The molecule has 1 fully saturated rings. The first-order valence-corrected chi connectivity index (χ1v) is 6.95. The molecule has 2 atom stereocenters. The number of carboxylic acids is 1. The van der Waals surface area contributed by atoms with Crippen LogP contribution in [0.5, 0.6) is 0 Å². The second-order valence-electron chi connectivity index (χ2n) is 5.05. The number of hydrogen-bond donors (Lipinski definition) is 1. The molecule has 0 spiro atoms. The molecule has 0 saturated carbocycles. The van der Waals surface area contributed by atoms with Crippen LogP contribution in [0.4, 0.5) is 4.79 Å². The molecule has 1 aromatic rings. The smallest absolute Gasteiger partial charge is 0.410 e. The summed E-state index contributed by atoms with van der Waals surface area (Å²) in [5.74, 6) is -0.845. The lowest BCUT2D eigenvalue weighted by Crippen LogP contribution is -2.49. The lowest BCUT2D eigenvalue weighted by molar-refractivity contribution is -0.144. The first kappa shape index (κ1) is 15.1. The molecule has 5 nitrogen and oxygen atoms in total. The number of carbonyl (C=O) groups is 2. The molecule has 112 valence electrons. The Bertz CT molecular complexity index is 514. The Hall–Kier alpha value is -2.30. The van der Waals surface area contributed by atoms with Gasteiger partial charge >= 0.3 is 12.1 Å². The van der Waals surface area contributed by atoms with Gasteiger partial charge in [-0.1, -0.05) is 43.0 Å². The molecule has 5 heteroatoms. The Kier molecular flexibility index (Phi) is 4.98. The largest absolute Gasteiger partial charge is 0.480 e. The minimum absolute atomic E-state index is 0.0871. The maximum Gasteiger partial charge on any atom is 0.410 e. The van der Waals surface area contributed by atoms with Gasteiger partial charge in [0.05, 0.1) is 0 Å². The van der Waals surface area contributed by atoms with Crippen molar-refractivity contribution >= 4 is 12.1 Å². The third kappa shape index (κ3) is 3.62. The number of aliphatic carboxylic acids is 1. The van der Waals surface area contributed by atoms with Gasteiger partial charge in [-0.15, -0.1) is 0 Å². The molecule has 0 aromatic heterocycles. The molecular formula is C16H19NO4. The third-order valence-electron chi connectivity index (χ3n) is 3.72. The van der Waals surface area contributed by atoms with Gasteiger partial charge in [0, 0.05) is 6.54 Å². The maximum atomic E-state index is 11.9. The molecule has 0 aliphatic carbocycles. The van der Waals surface area contributed by atoms with E-state index in [1.807, 2.05) is 30.3 Å². The summed E-state index contributed by atoms with van der Waals surface area (Å²) in [6.45, 7) is 3.94. The van der Waals surface area contributed by atoms with Crippen molar-refractivity contribution in [3.63, 3.8) is 0 Å². The monoisotopic (exact) mass is 289 g/mol. The lowest BCUT2D eigenvalue weighted by Gasteiger charge is -2.36. The molecule has 2 unspecified atom stereocenters. The van der Waals surface area contributed by atoms with Crippen LogP contribution in [0.25, 0.3) is 0 Å². The van der Waals surface area contributed by atoms with Crippen LogP contribution in [0, 0.1) is 0 Å². The quantitative estimate of drug-likeness (QED) is 0.865. The Morgan fingerprint density at radius 1 is 1.38 bits per heavy atom. The normalized spacial score (nSPS) is 21.6. The first-order valence-electron chi connectivity index (χ1n) is 6.95. The summed E-state index contributed by atoms with van der Waals surface area (Å²) in [4.78, 5) is 24.7. The Morgan fingerprint density at radius 3 is 2.71 bits per heavy atom. The Labute approximate surface area is 123 Å². The molecule has 0 radical (unpaired) electrons. The van der Waals surface area contributed by atoms with E-state index in [-0.39, 0.29) is 12.5 Å². The molecular weight excluding hydrogens is 270 g/mol. The molecule has 1 amide bonds. The number of benzene rings is 1. The standard InChI is InChI=1S/C16H19NO4/c1-2-10-21-16(20)17-9-8-13(11-14(17)15(18)19)12-6-4-3-5-7-12/h2-7,13-14H,1,8-11H2,(H,18,19). The van der Waals surface area contributed by atoms with E-state index in [9.17, 15) is 14.7 Å². The van der Waals surface area contributed by atoms with Crippen molar-refractivity contribution in [3.8, 4) is 0 Å². The number of nitrogens with zero attached hydrogens (tertiary/aromatic N) is 1. The highest BCUT2D eigenvalue weighted by molar-refractivity contribution is 5.80. The van der Waals surface area contributed by atoms with Crippen LogP contribution in [0.3, 0.4) is 0 Å². The predicted molar refractivity (Wildman–Crippen MR) is 78.1 cm³/mol. The zero-order chi connectivity index (χ0) is 15.2. The Morgan fingerprint density at radius 2 is 2.10 bits per heavy atom. The summed E-state index contributed by atoms with van der Waals surface area (Å²) < 4.78 is 4.96. The number of amides is 1. The summed E-state index contributed by atoms with van der Waals surface area (Å²) in [7, 11) is 0. The molecule has 1 heterocycles. The number of carboxylic acid groups (broad SMARTS) is 1. The third-order valence-corrected chi connectivity index (χ3v) is 3.72. The van der Waals surface area contributed by atoms with Crippen molar-refractivity contribution in [2.75, 3.05) is 13.2 Å². The van der Waals surface area contributed by atoms with E-state index < -0.39 is 18.1 Å². The van der Waals surface area contributed by atoms with E-state index in [0.29, 0.717) is 13.0 Å². The van der Waals surface area contributed by atoms with Crippen molar-refractivity contribution < 1.29 is 19.4 Å². The number of carbonyl (C=O) groups excluding carboxylic acids is 1. The van der Waals surface area contributed by atoms with E-state index in [4.69, 9.17) is 4.74 Å². The number of likely N-dealkylation sites (tertiary alicyclic amines) is 1. The summed E-state index contributed by atoms with van der Waals surface area (Å²) in [5, 5.41) is 9.38. The van der Waals surface area contributed by atoms with E-state index in [1.165, 1.54) is 11.0 Å². The van der Waals surface area contributed by atoms with E-state index in [2.05, 4.69) is 6.58 Å². The lowest BCUT2D eigenvalue weighted by atomic mass is 9.85. The first-order chi connectivity index (χ1) is 10.1. The van der Waals surface area contributed by atoms with Crippen LogP contribution in [-0.2, 0) is 9.53 Å². The predicted octanol–water partition coefficient (Wildman–Crippen LogP) is 2.64. The molecule has 21 heavy (non-hydrogen) atoms. The SMILES string of the molecule is C=CCOC(=O)N1CCC(c2ccccc2)CC1C(=O)O. The van der Waals surface area contributed by atoms with Crippen molar-refractivity contribution in [3.05, 3.63) is 48.6 Å². The van der Waals surface area contributed by atoms with Gasteiger partial charge in [0.2, 0.25) is 0 Å². The highest BCUT2D eigenvalue weighted by Gasteiger charge is 2.37. The average molecular weight is 289 g/mol. The molecule has 1 saturated heterocycles. The minimum Gasteiger partial charge on any atom is -0.480 e. The van der Waals surface area contributed by atoms with Crippen LogP contribution in [0.15, 0.2) is 43.0 Å². The van der Waals surface area contributed by atoms with Crippen molar-refractivity contribution in [2.45, 2.75) is 24.8 Å². The fourth-order valence-electron chi connectivity index (χ4n) is 2.66. The van der Waals surface area contributed by atoms with E-state index in [1.54, 1.807) is 0 Å². The van der Waals surface area contributed by atoms with Gasteiger partial charge in [-0.3, -0.25) is 4.90 Å². The molecule has 2 rings (SSSR count). The maximum absolute atomic E-state index is 11.9. The van der Waals surface area contributed by atoms with Gasteiger partial charge in [-0.25, -0.2) is 9.59 Å². The zero-order valence-corrected chi connectivity index (χ0v) is 11.8. The minimum atomic E-state index is -0.994. The number of hydrogen-bond acceptors (Lipinski definition) is 3. The van der Waals surface area contributed by atoms with E-state index >= 15 is 0 Å². The molecule has 1 aromatic carbocycles. The van der Waals surface area contributed by atoms with Crippen LogP contribution < -0.4 is 0 Å².